The van der Waals surface area contributed by atoms with Crippen LogP contribution in [0.1, 0.15) is 36.0 Å². The van der Waals surface area contributed by atoms with Crippen LogP contribution in [0, 0.1) is 0 Å². The van der Waals surface area contributed by atoms with E-state index in [1.165, 1.54) is 6.26 Å². The second kappa shape index (κ2) is 9.97. The number of piperidine rings is 1. The van der Waals surface area contributed by atoms with Crippen molar-refractivity contribution in [3.8, 4) is 0 Å². The molecule has 3 heterocycles. The van der Waals surface area contributed by atoms with Gasteiger partial charge in [0.2, 0.25) is 10.0 Å². The van der Waals surface area contributed by atoms with Crippen LogP contribution in [-0.4, -0.2) is 98.2 Å². The van der Waals surface area contributed by atoms with Crippen molar-refractivity contribution < 1.29 is 17.9 Å². The molecule has 1 amide bonds. The fraction of sp³-hybridized carbons (Fsp3) is 0.700. The predicted octanol–water partition coefficient (Wildman–Crippen LogP) is 1.06. The number of rotatable bonds is 7. The highest BCUT2D eigenvalue weighted by atomic mass is 32.2. The van der Waals surface area contributed by atoms with Crippen LogP contribution in [0.5, 0.6) is 0 Å². The molecule has 2 aliphatic rings. The Hall–Kier alpha value is -1.55. The van der Waals surface area contributed by atoms with E-state index in [4.69, 9.17) is 4.74 Å². The first kappa shape index (κ1) is 22.1. The minimum Gasteiger partial charge on any atom is -0.381 e. The third-order valence-corrected chi connectivity index (χ3v) is 7.19. The highest BCUT2D eigenvalue weighted by molar-refractivity contribution is 7.88. The molecule has 1 atom stereocenters. The number of hydrogen-bond acceptors (Lipinski definition) is 6. The first-order chi connectivity index (χ1) is 13.9. The molecule has 0 N–H and O–H groups in total. The summed E-state index contributed by atoms with van der Waals surface area (Å²) >= 11 is 0. The van der Waals surface area contributed by atoms with Gasteiger partial charge in [0.25, 0.3) is 5.91 Å². The molecule has 8 nitrogen and oxygen atoms in total. The molecule has 0 saturated carbocycles. The third-order valence-electron chi connectivity index (χ3n) is 5.92. The summed E-state index contributed by atoms with van der Waals surface area (Å²) in [6.45, 7) is 3.90. The van der Waals surface area contributed by atoms with E-state index in [0.29, 0.717) is 31.2 Å². The lowest BCUT2D eigenvalue weighted by Crippen LogP contribution is -2.55. The number of aromatic nitrogens is 1. The van der Waals surface area contributed by atoms with E-state index < -0.39 is 10.0 Å². The molecular formula is C20H32N4O4S. The minimum atomic E-state index is -3.19. The van der Waals surface area contributed by atoms with Gasteiger partial charge in [-0.05, 0) is 37.8 Å². The maximum atomic E-state index is 12.7. The van der Waals surface area contributed by atoms with Gasteiger partial charge in [-0.2, -0.15) is 0 Å². The second-order valence-electron chi connectivity index (χ2n) is 7.96. The van der Waals surface area contributed by atoms with Crippen LogP contribution in [0.4, 0.5) is 0 Å². The number of hydrogen-bond donors (Lipinski definition) is 0. The van der Waals surface area contributed by atoms with E-state index in [1.807, 2.05) is 7.05 Å². The van der Waals surface area contributed by atoms with Crippen LogP contribution < -0.4 is 0 Å². The van der Waals surface area contributed by atoms with Gasteiger partial charge in [-0.3, -0.25) is 14.7 Å². The van der Waals surface area contributed by atoms with Crippen LogP contribution in [0.3, 0.4) is 0 Å². The summed E-state index contributed by atoms with van der Waals surface area (Å²) in [7, 11) is -1.38. The van der Waals surface area contributed by atoms with Crippen molar-refractivity contribution in [1.82, 2.24) is 19.1 Å². The fourth-order valence-electron chi connectivity index (χ4n) is 4.25. The molecule has 0 radical (unpaired) electrons. The van der Waals surface area contributed by atoms with Crippen LogP contribution >= 0.6 is 0 Å². The van der Waals surface area contributed by atoms with E-state index in [9.17, 15) is 13.2 Å². The van der Waals surface area contributed by atoms with Gasteiger partial charge >= 0.3 is 0 Å². The van der Waals surface area contributed by atoms with E-state index >= 15 is 0 Å². The molecular weight excluding hydrogens is 392 g/mol. The Morgan fingerprint density at radius 3 is 2.52 bits per heavy atom. The molecule has 9 heteroatoms. The largest absolute Gasteiger partial charge is 0.381 e. The highest BCUT2D eigenvalue weighted by Gasteiger charge is 2.34. The van der Waals surface area contributed by atoms with Crippen molar-refractivity contribution in [3.63, 3.8) is 0 Å². The Morgan fingerprint density at radius 1 is 1.17 bits per heavy atom. The van der Waals surface area contributed by atoms with Gasteiger partial charge in [-0.25, -0.2) is 12.7 Å². The summed E-state index contributed by atoms with van der Waals surface area (Å²) in [4.78, 5) is 20.8. The molecule has 162 valence electrons. The Labute approximate surface area is 173 Å². The maximum Gasteiger partial charge on any atom is 0.253 e. The lowest BCUT2D eigenvalue weighted by molar-refractivity contribution is 0.00319. The molecule has 3 rings (SSSR count). The van der Waals surface area contributed by atoms with Gasteiger partial charge in [0.15, 0.2) is 0 Å². The molecule has 2 saturated heterocycles. The number of carbonyl (C=O) groups is 1. The Kier molecular flexibility index (Phi) is 7.61. The molecule has 2 aliphatic heterocycles. The van der Waals surface area contributed by atoms with Crippen molar-refractivity contribution in [3.05, 3.63) is 30.1 Å². The fourth-order valence-corrected chi connectivity index (χ4v) is 5.16. The number of nitrogens with zero attached hydrogens (tertiary/aromatic N) is 4. The molecule has 0 aliphatic carbocycles. The van der Waals surface area contributed by atoms with Crippen LogP contribution in [0.25, 0.3) is 0 Å². The number of carbonyl (C=O) groups excluding carboxylic acids is 1. The first-order valence-electron chi connectivity index (χ1n) is 10.3. The van der Waals surface area contributed by atoms with Crippen LogP contribution in [0.2, 0.25) is 0 Å². The number of amides is 1. The molecule has 1 aromatic heterocycles. The molecule has 0 aromatic carbocycles. The predicted molar refractivity (Wildman–Crippen MR) is 111 cm³/mol. The van der Waals surface area contributed by atoms with Gasteiger partial charge in [-0.1, -0.05) is 0 Å². The second-order valence-corrected chi connectivity index (χ2v) is 9.94. The normalized spacial score (nSPS) is 22.0. The standard InChI is InChI=1S/C20H32N4O4S/c1-22(20(25)17-5-9-21-10-6-17)12-13-24(18-7-14-28-15-8-18)19-4-3-11-23(16-19)29(2,26)27/h5-6,9-10,18-19H,3-4,7-8,11-16H2,1-2H3. The zero-order valence-electron chi connectivity index (χ0n) is 17.4. The summed E-state index contributed by atoms with van der Waals surface area (Å²) in [5.41, 5.74) is 0.626. The highest BCUT2D eigenvalue weighted by Crippen LogP contribution is 2.24. The molecule has 0 bridgehead atoms. The van der Waals surface area contributed by atoms with Gasteiger partial charge < -0.3 is 9.64 Å². The molecule has 1 unspecified atom stereocenters. The summed E-state index contributed by atoms with van der Waals surface area (Å²) in [5.74, 6) is -0.0271. The zero-order chi connectivity index (χ0) is 20.9. The smallest absolute Gasteiger partial charge is 0.253 e. The van der Waals surface area contributed by atoms with Gasteiger partial charge in [0.1, 0.15) is 0 Å². The van der Waals surface area contributed by atoms with Crippen LogP contribution in [-0.2, 0) is 14.8 Å². The van der Waals surface area contributed by atoms with E-state index in [0.717, 1.165) is 45.4 Å². The molecule has 0 spiro atoms. The van der Waals surface area contributed by atoms with E-state index in [2.05, 4.69) is 9.88 Å². The monoisotopic (exact) mass is 424 g/mol. The number of ether oxygens (including phenoxy) is 1. The lowest BCUT2D eigenvalue weighted by atomic mass is 9.99. The quantitative estimate of drug-likeness (QED) is 0.651. The number of pyridine rings is 1. The van der Waals surface area contributed by atoms with Crippen molar-refractivity contribution in [2.45, 2.75) is 37.8 Å². The molecule has 1 aromatic rings. The van der Waals surface area contributed by atoms with Gasteiger partial charge in [-0.15, -0.1) is 0 Å². The minimum absolute atomic E-state index is 0.0271. The van der Waals surface area contributed by atoms with Crippen molar-refractivity contribution in [2.24, 2.45) is 0 Å². The summed E-state index contributed by atoms with van der Waals surface area (Å²) in [6.07, 6.45) is 8.26. The van der Waals surface area contributed by atoms with Crippen molar-refractivity contribution >= 4 is 15.9 Å². The third kappa shape index (κ3) is 5.97. The lowest BCUT2D eigenvalue weighted by Gasteiger charge is -2.44. The SMILES string of the molecule is CN(CCN(C1CCOCC1)C1CCCN(S(C)(=O)=O)C1)C(=O)c1ccncc1. The zero-order valence-corrected chi connectivity index (χ0v) is 18.2. The average molecular weight is 425 g/mol. The molecule has 2 fully saturated rings. The summed E-state index contributed by atoms with van der Waals surface area (Å²) in [6, 6.07) is 3.98. The maximum absolute atomic E-state index is 12.7. The van der Waals surface area contributed by atoms with E-state index in [1.54, 1.807) is 33.7 Å². The first-order valence-corrected chi connectivity index (χ1v) is 12.1. The van der Waals surface area contributed by atoms with Crippen molar-refractivity contribution in [1.29, 1.82) is 0 Å². The Balaban J connectivity index is 1.68. The number of likely N-dealkylation sites (N-methyl/N-ethyl adjacent to an activating group) is 1. The topological polar surface area (TPSA) is 83.0 Å². The summed E-state index contributed by atoms with van der Waals surface area (Å²) < 4.78 is 31.3. The van der Waals surface area contributed by atoms with Crippen molar-refractivity contribution in [2.75, 3.05) is 52.7 Å². The summed E-state index contributed by atoms with van der Waals surface area (Å²) in [5, 5.41) is 0. The van der Waals surface area contributed by atoms with Gasteiger partial charge in [0, 0.05) is 76.5 Å². The van der Waals surface area contributed by atoms with E-state index in [-0.39, 0.29) is 11.9 Å². The molecule has 29 heavy (non-hydrogen) atoms. The Bertz CT molecular complexity index is 768. The number of sulfonamides is 1. The Morgan fingerprint density at radius 2 is 1.86 bits per heavy atom. The van der Waals surface area contributed by atoms with Gasteiger partial charge in [0.05, 0.1) is 6.26 Å². The van der Waals surface area contributed by atoms with Crippen LogP contribution in [0.15, 0.2) is 24.5 Å². The average Bonchev–Trinajstić information content (AvgIpc) is 2.74.